The van der Waals surface area contributed by atoms with E-state index in [4.69, 9.17) is 0 Å². The molecule has 0 radical (unpaired) electrons. The molecule has 104 valence electrons. The van der Waals surface area contributed by atoms with Gasteiger partial charge in [-0.1, -0.05) is 38.0 Å². The second-order valence-electron chi connectivity index (χ2n) is 5.36. The Morgan fingerprint density at radius 2 is 1.25 bits per heavy atom. The summed E-state index contributed by atoms with van der Waals surface area (Å²) in [6.07, 6.45) is 3.02. The lowest BCUT2D eigenvalue weighted by molar-refractivity contribution is 0.874. The Labute approximate surface area is 133 Å². The minimum Gasteiger partial charge on any atom is -0.189 e. The zero-order chi connectivity index (χ0) is 13.8. The van der Waals surface area contributed by atoms with Crippen molar-refractivity contribution in [2.24, 2.45) is 0 Å². The molecule has 3 aromatic rings. The second-order valence-corrected chi connectivity index (χ2v) is 7.70. The molecule has 0 N–H and O–H groups in total. The summed E-state index contributed by atoms with van der Waals surface area (Å²) in [4.78, 5) is 0. The zero-order valence-electron chi connectivity index (χ0n) is 11.6. The maximum absolute atomic E-state index is 2.35. The van der Waals surface area contributed by atoms with Gasteiger partial charge in [0.25, 0.3) is 0 Å². The predicted octanol–water partition coefficient (Wildman–Crippen LogP) is 4.14. The molecule has 0 saturated carbocycles. The Kier molecular flexibility index (Phi) is 4.44. The topological polar surface area (TPSA) is 0 Å². The number of unbranched alkanes of at least 4 members (excludes halogenated alkanes) is 1. The van der Waals surface area contributed by atoms with E-state index in [2.05, 4.69) is 57.4 Å². The van der Waals surface area contributed by atoms with Crippen LogP contribution in [-0.2, 0) is 0 Å². The predicted molar refractivity (Wildman–Crippen MR) is 97.3 cm³/mol. The number of hydrogen-bond donors (Lipinski definition) is 0. The summed E-state index contributed by atoms with van der Waals surface area (Å²) in [7, 11) is 0. The lowest BCUT2D eigenvalue weighted by Crippen LogP contribution is -2.65. The summed E-state index contributed by atoms with van der Waals surface area (Å²) in [6, 6.07) is 6.99. The normalized spacial score (nSPS) is 11.8. The Bertz CT molecular complexity index is 525. The van der Waals surface area contributed by atoms with Gasteiger partial charge in [0.05, 0.1) is 6.15 Å². The zero-order valence-corrected chi connectivity index (χ0v) is 14.1. The van der Waals surface area contributed by atoms with Crippen molar-refractivity contribution >= 4 is 56.5 Å². The molecular weight excluding hydrogens is 299 g/mol. The van der Waals surface area contributed by atoms with E-state index in [0.717, 1.165) is 0 Å². The molecular formula is C16H18BS3-. The molecule has 0 saturated heterocycles. The van der Waals surface area contributed by atoms with Crippen LogP contribution in [0.15, 0.2) is 50.5 Å². The van der Waals surface area contributed by atoms with Crippen molar-refractivity contribution in [3.05, 3.63) is 50.5 Å². The van der Waals surface area contributed by atoms with Crippen molar-refractivity contribution in [1.29, 1.82) is 0 Å². The molecule has 3 aromatic heterocycles. The van der Waals surface area contributed by atoms with Gasteiger partial charge >= 0.3 is 0 Å². The van der Waals surface area contributed by atoms with Gasteiger partial charge in [-0.2, -0.15) is 56.7 Å². The molecule has 0 nitrogen and oxygen atoms in total. The fourth-order valence-electron chi connectivity index (χ4n) is 3.25. The average Bonchev–Trinajstić information content (AvgIpc) is 3.23. The smallest absolute Gasteiger partial charge is 0.0845 e. The van der Waals surface area contributed by atoms with Crippen LogP contribution in [-0.4, -0.2) is 6.15 Å². The number of hydrogen-bond acceptors (Lipinski definition) is 3. The molecule has 0 atom stereocenters. The highest BCUT2D eigenvalue weighted by atomic mass is 32.1. The average molecular weight is 317 g/mol. The maximum Gasteiger partial charge on any atom is 0.0845 e. The molecule has 0 amide bonds. The fraction of sp³-hybridized carbons (Fsp3) is 0.250. The SMILES string of the molecule is CCCC[B-](c1ccsc1)(c1ccsc1)c1ccsc1. The van der Waals surface area contributed by atoms with Gasteiger partial charge in [0, 0.05) is 0 Å². The first kappa shape index (κ1) is 14.1. The van der Waals surface area contributed by atoms with Crippen molar-refractivity contribution in [3.63, 3.8) is 0 Å². The highest BCUT2D eigenvalue weighted by molar-refractivity contribution is 7.20. The van der Waals surface area contributed by atoms with Crippen LogP contribution < -0.4 is 16.4 Å². The van der Waals surface area contributed by atoms with Crippen molar-refractivity contribution in [3.8, 4) is 0 Å². The summed E-state index contributed by atoms with van der Waals surface area (Å²) >= 11 is 5.45. The van der Waals surface area contributed by atoms with Crippen molar-refractivity contribution < 1.29 is 0 Å². The van der Waals surface area contributed by atoms with E-state index in [1.165, 1.54) is 35.6 Å². The van der Waals surface area contributed by atoms with E-state index in [1.807, 2.05) is 34.0 Å². The molecule has 0 fully saturated rings. The van der Waals surface area contributed by atoms with Crippen LogP contribution >= 0.6 is 34.0 Å². The van der Waals surface area contributed by atoms with Crippen molar-refractivity contribution in [2.75, 3.05) is 0 Å². The first-order valence-electron chi connectivity index (χ1n) is 7.13. The van der Waals surface area contributed by atoms with Gasteiger partial charge in [-0.25, -0.2) is 0 Å². The standard InChI is InChI=1S/C16H18BS3/c1-2-3-7-17(14-4-8-18-11-14,15-5-9-19-12-15)16-6-10-20-13-16/h4-6,8-13H,2-3,7H2,1H3/q-1. The van der Waals surface area contributed by atoms with Crippen molar-refractivity contribution in [1.82, 2.24) is 0 Å². The van der Waals surface area contributed by atoms with Crippen LogP contribution in [0.25, 0.3) is 0 Å². The summed E-state index contributed by atoms with van der Waals surface area (Å²) < 4.78 is 0. The Morgan fingerprint density at radius 3 is 1.55 bits per heavy atom. The number of thiophene rings is 3. The van der Waals surface area contributed by atoms with Crippen LogP contribution in [0, 0.1) is 0 Å². The highest BCUT2D eigenvalue weighted by Crippen LogP contribution is 2.19. The van der Waals surface area contributed by atoms with E-state index >= 15 is 0 Å². The van der Waals surface area contributed by atoms with E-state index in [9.17, 15) is 0 Å². The third-order valence-corrected chi connectivity index (χ3v) is 6.43. The molecule has 3 heterocycles. The molecule has 0 aliphatic carbocycles. The monoisotopic (exact) mass is 317 g/mol. The van der Waals surface area contributed by atoms with Crippen LogP contribution in [0.1, 0.15) is 19.8 Å². The quantitative estimate of drug-likeness (QED) is 0.599. The molecule has 4 heteroatoms. The second kappa shape index (κ2) is 6.29. The van der Waals surface area contributed by atoms with Gasteiger partial charge in [0.1, 0.15) is 0 Å². The van der Waals surface area contributed by atoms with Gasteiger partial charge in [-0.15, -0.1) is 0 Å². The van der Waals surface area contributed by atoms with Crippen molar-refractivity contribution in [2.45, 2.75) is 26.1 Å². The summed E-state index contributed by atoms with van der Waals surface area (Å²) in [6.45, 7) is 2.29. The maximum atomic E-state index is 2.35. The van der Waals surface area contributed by atoms with E-state index in [-0.39, 0.29) is 0 Å². The van der Waals surface area contributed by atoms with Crippen LogP contribution in [0.3, 0.4) is 0 Å². The molecule has 0 aliphatic rings. The third-order valence-electron chi connectivity index (χ3n) is 4.33. The van der Waals surface area contributed by atoms with Crippen LogP contribution in [0.2, 0.25) is 6.32 Å². The molecule has 0 bridgehead atoms. The molecule has 0 unspecified atom stereocenters. The largest absolute Gasteiger partial charge is 0.189 e. The minimum absolute atomic E-state index is 0.762. The third kappa shape index (κ3) is 2.41. The first-order chi connectivity index (χ1) is 9.88. The Hall–Kier alpha value is -0.835. The van der Waals surface area contributed by atoms with E-state index < -0.39 is 6.15 Å². The number of rotatable bonds is 6. The summed E-state index contributed by atoms with van der Waals surface area (Å²) in [5.41, 5.74) is 4.54. The summed E-state index contributed by atoms with van der Waals surface area (Å²) in [5, 5.41) is 13.7. The van der Waals surface area contributed by atoms with Gasteiger partial charge < -0.3 is 0 Å². The van der Waals surface area contributed by atoms with Gasteiger partial charge in [0.15, 0.2) is 0 Å². The Morgan fingerprint density at radius 1 is 0.800 bits per heavy atom. The van der Waals surface area contributed by atoms with Gasteiger partial charge in [-0.3, -0.25) is 0 Å². The molecule has 3 rings (SSSR count). The summed E-state index contributed by atoms with van der Waals surface area (Å²) in [5.74, 6) is 0. The molecule has 0 aromatic carbocycles. The minimum atomic E-state index is -0.762. The molecule has 20 heavy (non-hydrogen) atoms. The lowest BCUT2D eigenvalue weighted by atomic mass is 9.15. The fourth-order valence-corrected chi connectivity index (χ4v) is 5.60. The molecule has 0 spiro atoms. The van der Waals surface area contributed by atoms with Crippen LogP contribution in [0.5, 0.6) is 0 Å². The van der Waals surface area contributed by atoms with Gasteiger partial charge in [0.2, 0.25) is 0 Å². The lowest BCUT2D eigenvalue weighted by Gasteiger charge is -2.40. The van der Waals surface area contributed by atoms with Crippen LogP contribution in [0.4, 0.5) is 0 Å². The Balaban J connectivity index is 2.18. The highest BCUT2D eigenvalue weighted by Gasteiger charge is 2.30. The molecule has 0 aliphatic heterocycles. The van der Waals surface area contributed by atoms with E-state index in [0.29, 0.717) is 0 Å². The van der Waals surface area contributed by atoms with E-state index in [1.54, 1.807) is 0 Å². The van der Waals surface area contributed by atoms with Gasteiger partial charge in [-0.05, 0) is 32.3 Å². The first-order valence-corrected chi connectivity index (χ1v) is 9.96.